The summed E-state index contributed by atoms with van der Waals surface area (Å²) in [6, 6.07) is 10.2. The molecule has 24 heavy (non-hydrogen) atoms. The van der Waals surface area contributed by atoms with Crippen LogP contribution in [0, 0.1) is 6.92 Å². The summed E-state index contributed by atoms with van der Waals surface area (Å²) >= 11 is 1.72. The van der Waals surface area contributed by atoms with Crippen LogP contribution in [0.25, 0.3) is 0 Å². The minimum absolute atomic E-state index is 0.0183. The molecule has 2 heterocycles. The van der Waals surface area contributed by atoms with Crippen LogP contribution < -0.4 is 4.90 Å². The Labute approximate surface area is 147 Å². The minimum atomic E-state index is -0.711. The molecule has 0 saturated carbocycles. The number of nitrogens with zero attached hydrogens (tertiary/aromatic N) is 2. The third-order valence-electron chi connectivity index (χ3n) is 4.79. The van der Waals surface area contributed by atoms with Crippen molar-refractivity contribution in [3.05, 3.63) is 51.7 Å². The van der Waals surface area contributed by atoms with E-state index < -0.39 is 12.0 Å². The van der Waals surface area contributed by atoms with Crippen molar-refractivity contribution < 1.29 is 9.90 Å². The molecule has 5 heteroatoms. The Morgan fingerprint density at radius 2 is 2.00 bits per heavy atom. The Balaban J connectivity index is 2.02. The normalized spacial score (nSPS) is 19.4. The maximum Gasteiger partial charge on any atom is 0.320 e. The quantitative estimate of drug-likeness (QED) is 0.897. The monoisotopic (exact) mass is 344 g/mol. The molecule has 1 N–H and O–H groups in total. The number of aliphatic carboxylic acids is 1. The van der Waals surface area contributed by atoms with Crippen LogP contribution in [0.3, 0.4) is 0 Å². The predicted molar refractivity (Wildman–Crippen MR) is 99.0 cm³/mol. The molecule has 1 saturated heterocycles. The number of benzene rings is 1. The van der Waals surface area contributed by atoms with E-state index >= 15 is 0 Å². The lowest BCUT2D eigenvalue weighted by Crippen LogP contribution is -2.39. The highest BCUT2D eigenvalue weighted by molar-refractivity contribution is 7.10. The van der Waals surface area contributed by atoms with E-state index in [2.05, 4.69) is 52.4 Å². The highest BCUT2D eigenvalue weighted by Gasteiger charge is 2.37. The summed E-state index contributed by atoms with van der Waals surface area (Å²) in [5.74, 6) is -0.711. The Morgan fingerprint density at radius 1 is 1.29 bits per heavy atom. The number of anilines is 1. The number of carboxylic acid groups (broad SMARTS) is 1. The van der Waals surface area contributed by atoms with Crippen molar-refractivity contribution >= 4 is 23.0 Å². The van der Waals surface area contributed by atoms with Gasteiger partial charge in [-0.2, -0.15) is 0 Å². The lowest BCUT2D eigenvalue weighted by atomic mass is 10.00. The number of hydrogen-bond donors (Lipinski definition) is 1. The van der Waals surface area contributed by atoms with Crippen molar-refractivity contribution in [3.8, 4) is 0 Å². The first kappa shape index (κ1) is 17.0. The van der Waals surface area contributed by atoms with Crippen molar-refractivity contribution in [1.29, 1.82) is 0 Å². The highest BCUT2D eigenvalue weighted by Crippen LogP contribution is 2.39. The highest BCUT2D eigenvalue weighted by atomic mass is 32.1. The average molecular weight is 344 g/mol. The standard InChI is InChI=1S/C19H24N2O2S/c1-13-10-12-24-18(13)17(21-11-4-5-16(21)19(22)23)14-6-8-15(9-7-14)20(2)3/h6-10,12,16-17H,4-5,11H2,1-3H3,(H,22,23). The molecule has 2 unspecified atom stereocenters. The molecular formula is C19H24N2O2S. The molecule has 4 nitrogen and oxygen atoms in total. The number of carboxylic acids is 1. The molecule has 1 aliphatic rings. The largest absolute Gasteiger partial charge is 0.480 e. The van der Waals surface area contributed by atoms with E-state index in [4.69, 9.17) is 0 Å². The fourth-order valence-corrected chi connectivity index (χ4v) is 4.55. The van der Waals surface area contributed by atoms with Crippen molar-refractivity contribution in [2.24, 2.45) is 0 Å². The topological polar surface area (TPSA) is 43.8 Å². The Kier molecular flexibility index (Phi) is 4.92. The van der Waals surface area contributed by atoms with Crippen molar-refractivity contribution in [3.63, 3.8) is 0 Å². The van der Waals surface area contributed by atoms with E-state index in [1.54, 1.807) is 11.3 Å². The summed E-state index contributed by atoms with van der Waals surface area (Å²) in [7, 11) is 4.05. The van der Waals surface area contributed by atoms with Crippen LogP contribution in [0.2, 0.25) is 0 Å². The van der Waals surface area contributed by atoms with E-state index in [0.717, 1.165) is 25.1 Å². The van der Waals surface area contributed by atoms with Crippen LogP contribution in [0.4, 0.5) is 5.69 Å². The van der Waals surface area contributed by atoms with Gasteiger partial charge in [-0.15, -0.1) is 11.3 Å². The summed E-state index contributed by atoms with van der Waals surface area (Å²) in [5.41, 5.74) is 3.55. The fraction of sp³-hybridized carbons (Fsp3) is 0.421. The van der Waals surface area contributed by atoms with Gasteiger partial charge in [0, 0.05) is 31.2 Å². The zero-order chi connectivity index (χ0) is 17.3. The molecule has 1 fully saturated rings. The van der Waals surface area contributed by atoms with Crippen LogP contribution in [-0.2, 0) is 4.79 Å². The molecule has 1 aromatic heterocycles. The van der Waals surface area contributed by atoms with Crippen LogP contribution in [-0.4, -0.2) is 42.7 Å². The fourth-order valence-electron chi connectivity index (χ4n) is 3.48. The second kappa shape index (κ2) is 6.95. The minimum Gasteiger partial charge on any atom is -0.480 e. The van der Waals surface area contributed by atoms with E-state index in [0.29, 0.717) is 0 Å². The molecule has 0 aliphatic carbocycles. The van der Waals surface area contributed by atoms with Gasteiger partial charge in [-0.05, 0) is 54.5 Å². The van der Waals surface area contributed by atoms with Gasteiger partial charge in [-0.1, -0.05) is 12.1 Å². The Bertz CT molecular complexity index is 708. The second-order valence-electron chi connectivity index (χ2n) is 6.59. The van der Waals surface area contributed by atoms with Gasteiger partial charge in [0.15, 0.2) is 0 Å². The van der Waals surface area contributed by atoms with E-state index in [1.807, 2.05) is 14.1 Å². The zero-order valence-electron chi connectivity index (χ0n) is 14.4. The van der Waals surface area contributed by atoms with Crippen LogP contribution >= 0.6 is 11.3 Å². The van der Waals surface area contributed by atoms with Gasteiger partial charge >= 0.3 is 5.97 Å². The molecular weight excluding hydrogens is 320 g/mol. The molecule has 3 rings (SSSR count). The first-order chi connectivity index (χ1) is 11.5. The van der Waals surface area contributed by atoms with Crippen LogP contribution in [0.1, 0.15) is 34.9 Å². The molecule has 0 bridgehead atoms. The van der Waals surface area contributed by atoms with Crippen LogP contribution in [0.15, 0.2) is 35.7 Å². The number of rotatable bonds is 5. The summed E-state index contributed by atoms with van der Waals surface area (Å²) in [6.07, 6.45) is 1.67. The average Bonchev–Trinajstić information content (AvgIpc) is 3.18. The maximum atomic E-state index is 11.7. The Morgan fingerprint density at radius 3 is 2.54 bits per heavy atom. The number of hydrogen-bond acceptors (Lipinski definition) is 4. The van der Waals surface area contributed by atoms with Crippen molar-refractivity contribution in [2.45, 2.75) is 31.8 Å². The molecule has 128 valence electrons. The number of aryl methyl sites for hydroxylation is 1. The van der Waals surface area contributed by atoms with Gasteiger partial charge in [0.2, 0.25) is 0 Å². The predicted octanol–water partition coefficient (Wildman–Crippen LogP) is 3.76. The number of likely N-dealkylation sites (tertiary alicyclic amines) is 1. The second-order valence-corrected chi connectivity index (χ2v) is 7.54. The smallest absolute Gasteiger partial charge is 0.320 e. The molecule has 1 aliphatic heterocycles. The van der Waals surface area contributed by atoms with Crippen molar-refractivity contribution in [1.82, 2.24) is 4.90 Å². The maximum absolute atomic E-state index is 11.7. The third kappa shape index (κ3) is 3.19. The van der Waals surface area contributed by atoms with Gasteiger partial charge in [0.05, 0.1) is 6.04 Å². The van der Waals surface area contributed by atoms with E-state index in [9.17, 15) is 9.90 Å². The molecule has 1 aromatic carbocycles. The summed E-state index contributed by atoms with van der Waals surface area (Å²) < 4.78 is 0. The first-order valence-corrected chi connectivity index (χ1v) is 9.17. The SMILES string of the molecule is Cc1ccsc1C(c1ccc(N(C)C)cc1)N1CCCC1C(=O)O. The first-order valence-electron chi connectivity index (χ1n) is 8.29. The van der Waals surface area contributed by atoms with Gasteiger partial charge in [0.25, 0.3) is 0 Å². The van der Waals surface area contributed by atoms with Gasteiger partial charge < -0.3 is 10.0 Å². The summed E-state index contributed by atoms with van der Waals surface area (Å²) in [6.45, 7) is 2.94. The molecule has 0 radical (unpaired) electrons. The Hall–Kier alpha value is -1.85. The molecule has 0 amide bonds. The lowest BCUT2D eigenvalue weighted by molar-refractivity contribution is -0.142. The molecule has 2 aromatic rings. The van der Waals surface area contributed by atoms with E-state index in [-0.39, 0.29) is 6.04 Å². The third-order valence-corrected chi connectivity index (χ3v) is 5.86. The van der Waals surface area contributed by atoms with E-state index in [1.165, 1.54) is 16.0 Å². The molecule has 2 atom stereocenters. The summed E-state index contributed by atoms with van der Waals surface area (Å²) in [4.78, 5) is 17.2. The zero-order valence-corrected chi connectivity index (χ0v) is 15.2. The molecule has 0 spiro atoms. The van der Waals surface area contributed by atoms with Crippen molar-refractivity contribution in [2.75, 3.05) is 25.5 Å². The van der Waals surface area contributed by atoms with Crippen LogP contribution in [0.5, 0.6) is 0 Å². The van der Waals surface area contributed by atoms with Gasteiger partial charge in [0.1, 0.15) is 6.04 Å². The number of thiophene rings is 1. The van der Waals surface area contributed by atoms with Gasteiger partial charge in [-0.3, -0.25) is 9.69 Å². The number of carbonyl (C=O) groups is 1. The van der Waals surface area contributed by atoms with Gasteiger partial charge in [-0.25, -0.2) is 0 Å². The summed E-state index contributed by atoms with van der Waals surface area (Å²) in [5, 5.41) is 11.7. The lowest BCUT2D eigenvalue weighted by Gasteiger charge is -2.32.